The van der Waals surface area contributed by atoms with E-state index in [2.05, 4.69) is 10.2 Å². The van der Waals surface area contributed by atoms with Gasteiger partial charge in [0.2, 0.25) is 5.91 Å². The zero-order chi connectivity index (χ0) is 16.3. The molecule has 1 saturated carbocycles. The summed E-state index contributed by atoms with van der Waals surface area (Å²) in [7, 11) is 0. The second kappa shape index (κ2) is 6.84. The standard InChI is InChI=1S/C17H24FN3O2/c18-13-10-14(12-15(11-13)21-6-8-23-9-7-21)20-16(22)17(19)4-2-1-3-5-17/h10-12H,1-9,19H2,(H,20,22). The number of hydrogen-bond donors (Lipinski definition) is 2. The van der Waals surface area contributed by atoms with E-state index in [1.54, 1.807) is 6.07 Å². The topological polar surface area (TPSA) is 67.6 Å². The second-order valence-electron chi connectivity index (χ2n) is 6.47. The molecule has 1 heterocycles. The van der Waals surface area contributed by atoms with Gasteiger partial charge in [0.1, 0.15) is 5.82 Å². The lowest BCUT2D eigenvalue weighted by Gasteiger charge is -2.32. The number of hydrogen-bond acceptors (Lipinski definition) is 4. The van der Waals surface area contributed by atoms with E-state index in [-0.39, 0.29) is 11.7 Å². The van der Waals surface area contributed by atoms with Crippen molar-refractivity contribution in [3.05, 3.63) is 24.0 Å². The lowest BCUT2D eigenvalue weighted by molar-refractivity contribution is -0.122. The van der Waals surface area contributed by atoms with Crippen LogP contribution in [0.5, 0.6) is 0 Å². The Morgan fingerprint density at radius 1 is 1.17 bits per heavy atom. The minimum absolute atomic E-state index is 0.212. The number of rotatable bonds is 3. The molecule has 0 radical (unpaired) electrons. The van der Waals surface area contributed by atoms with Gasteiger partial charge in [0.25, 0.3) is 0 Å². The van der Waals surface area contributed by atoms with E-state index in [0.29, 0.717) is 31.7 Å². The number of ether oxygens (including phenoxy) is 1. The van der Waals surface area contributed by atoms with Crippen molar-refractivity contribution in [3.63, 3.8) is 0 Å². The van der Waals surface area contributed by atoms with Gasteiger partial charge in [-0.15, -0.1) is 0 Å². The number of carbonyl (C=O) groups excluding carboxylic acids is 1. The van der Waals surface area contributed by atoms with Crippen LogP contribution in [0.3, 0.4) is 0 Å². The Labute approximate surface area is 136 Å². The molecular weight excluding hydrogens is 297 g/mol. The number of amides is 1. The monoisotopic (exact) mass is 321 g/mol. The molecule has 1 aromatic rings. The maximum atomic E-state index is 13.9. The number of nitrogens with zero attached hydrogens (tertiary/aromatic N) is 1. The summed E-state index contributed by atoms with van der Waals surface area (Å²) in [5, 5.41) is 2.81. The highest BCUT2D eigenvalue weighted by atomic mass is 19.1. The van der Waals surface area contributed by atoms with Gasteiger partial charge in [0, 0.05) is 24.5 Å². The van der Waals surface area contributed by atoms with Crippen LogP contribution >= 0.6 is 0 Å². The van der Waals surface area contributed by atoms with Crippen molar-refractivity contribution in [2.24, 2.45) is 5.73 Å². The fourth-order valence-corrected chi connectivity index (χ4v) is 3.32. The highest BCUT2D eigenvalue weighted by Crippen LogP contribution is 2.28. The third-order valence-electron chi connectivity index (χ3n) is 4.71. The molecule has 1 saturated heterocycles. The largest absolute Gasteiger partial charge is 0.378 e. The third kappa shape index (κ3) is 3.82. The van der Waals surface area contributed by atoms with E-state index in [9.17, 15) is 9.18 Å². The first-order chi connectivity index (χ1) is 11.1. The lowest BCUT2D eigenvalue weighted by Crippen LogP contribution is -2.52. The Bertz CT molecular complexity index is 567. The Kier molecular flexibility index (Phi) is 4.82. The molecule has 0 spiro atoms. The summed E-state index contributed by atoms with van der Waals surface area (Å²) >= 11 is 0. The molecule has 2 aliphatic rings. The van der Waals surface area contributed by atoms with E-state index in [0.717, 1.165) is 38.0 Å². The summed E-state index contributed by atoms with van der Waals surface area (Å²) in [6, 6.07) is 4.63. The van der Waals surface area contributed by atoms with Crippen LogP contribution in [0.25, 0.3) is 0 Å². The van der Waals surface area contributed by atoms with Gasteiger partial charge in [-0.05, 0) is 31.0 Å². The number of anilines is 2. The average Bonchev–Trinajstić information content (AvgIpc) is 2.56. The van der Waals surface area contributed by atoms with Crippen LogP contribution in [0.15, 0.2) is 18.2 Å². The molecule has 6 heteroatoms. The molecule has 126 valence electrons. The maximum Gasteiger partial charge on any atom is 0.244 e. The quantitative estimate of drug-likeness (QED) is 0.896. The molecule has 2 fully saturated rings. The highest BCUT2D eigenvalue weighted by Gasteiger charge is 2.35. The fraction of sp³-hybridized carbons (Fsp3) is 0.588. The third-order valence-corrected chi connectivity index (χ3v) is 4.71. The predicted molar refractivity (Wildman–Crippen MR) is 88.1 cm³/mol. The molecule has 0 aromatic heterocycles. The van der Waals surface area contributed by atoms with Gasteiger partial charge in [0.15, 0.2) is 0 Å². The molecule has 23 heavy (non-hydrogen) atoms. The van der Waals surface area contributed by atoms with Crippen LogP contribution in [0.4, 0.5) is 15.8 Å². The Balaban J connectivity index is 1.74. The Morgan fingerprint density at radius 3 is 2.57 bits per heavy atom. The Morgan fingerprint density at radius 2 is 1.87 bits per heavy atom. The van der Waals surface area contributed by atoms with Gasteiger partial charge < -0.3 is 20.7 Å². The van der Waals surface area contributed by atoms with Crippen LogP contribution in [0.1, 0.15) is 32.1 Å². The highest BCUT2D eigenvalue weighted by molar-refractivity contribution is 5.98. The van der Waals surface area contributed by atoms with Gasteiger partial charge in [0.05, 0.1) is 18.8 Å². The van der Waals surface area contributed by atoms with Gasteiger partial charge in [-0.3, -0.25) is 4.79 Å². The number of morpholine rings is 1. The normalized spacial score (nSPS) is 21.0. The summed E-state index contributed by atoms with van der Waals surface area (Å²) in [6.45, 7) is 2.70. The maximum absolute atomic E-state index is 13.9. The van der Waals surface area contributed by atoms with Gasteiger partial charge in [-0.1, -0.05) is 19.3 Å². The van der Waals surface area contributed by atoms with Crippen molar-refractivity contribution in [3.8, 4) is 0 Å². The lowest BCUT2D eigenvalue weighted by atomic mass is 9.82. The van der Waals surface area contributed by atoms with E-state index < -0.39 is 5.54 Å². The number of nitrogens with two attached hydrogens (primary N) is 1. The van der Waals surface area contributed by atoms with Crippen LogP contribution < -0.4 is 16.0 Å². The summed E-state index contributed by atoms with van der Waals surface area (Å²) < 4.78 is 19.2. The minimum atomic E-state index is -0.830. The first-order valence-corrected chi connectivity index (χ1v) is 8.30. The van der Waals surface area contributed by atoms with E-state index in [1.165, 1.54) is 12.1 Å². The van der Waals surface area contributed by atoms with Crippen LogP contribution in [-0.2, 0) is 9.53 Å². The number of benzene rings is 1. The molecule has 3 rings (SSSR count). The summed E-state index contributed by atoms with van der Waals surface area (Å²) in [5.41, 5.74) is 6.63. The van der Waals surface area contributed by atoms with Crippen LogP contribution in [0.2, 0.25) is 0 Å². The minimum Gasteiger partial charge on any atom is -0.378 e. The van der Waals surface area contributed by atoms with Gasteiger partial charge >= 0.3 is 0 Å². The summed E-state index contributed by atoms with van der Waals surface area (Å²) in [5.74, 6) is -0.574. The number of nitrogens with one attached hydrogen (secondary N) is 1. The van der Waals surface area contributed by atoms with Crippen molar-refractivity contribution in [1.29, 1.82) is 0 Å². The van der Waals surface area contributed by atoms with E-state index in [1.807, 2.05) is 0 Å². The van der Waals surface area contributed by atoms with Crippen molar-refractivity contribution in [2.75, 3.05) is 36.5 Å². The van der Waals surface area contributed by atoms with Crippen LogP contribution in [0, 0.1) is 5.82 Å². The summed E-state index contributed by atoms with van der Waals surface area (Å²) in [6.07, 6.45) is 4.42. The van der Waals surface area contributed by atoms with E-state index in [4.69, 9.17) is 10.5 Å². The molecule has 0 atom stereocenters. The van der Waals surface area contributed by atoms with Crippen LogP contribution in [-0.4, -0.2) is 37.7 Å². The summed E-state index contributed by atoms with van der Waals surface area (Å²) in [4.78, 5) is 14.6. The molecule has 5 nitrogen and oxygen atoms in total. The predicted octanol–water partition coefficient (Wildman–Crippen LogP) is 2.26. The SMILES string of the molecule is NC1(C(=O)Nc2cc(F)cc(N3CCOCC3)c2)CCCCC1. The number of carbonyl (C=O) groups is 1. The molecule has 0 unspecified atom stereocenters. The Hall–Kier alpha value is -1.66. The van der Waals surface area contributed by atoms with Gasteiger partial charge in [-0.2, -0.15) is 0 Å². The molecule has 0 bridgehead atoms. The van der Waals surface area contributed by atoms with Crippen molar-refractivity contribution in [2.45, 2.75) is 37.6 Å². The molecule has 1 amide bonds. The average molecular weight is 321 g/mol. The van der Waals surface area contributed by atoms with Gasteiger partial charge in [-0.25, -0.2) is 4.39 Å². The zero-order valence-electron chi connectivity index (χ0n) is 13.3. The van der Waals surface area contributed by atoms with Crippen molar-refractivity contribution >= 4 is 17.3 Å². The van der Waals surface area contributed by atoms with Crippen molar-refractivity contribution in [1.82, 2.24) is 0 Å². The zero-order valence-corrected chi connectivity index (χ0v) is 13.3. The molecular formula is C17H24FN3O2. The molecule has 3 N–H and O–H groups in total. The van der Waals surface area contributed by atoms with E-state index >= 15 is 0 Å². The number of halogens is 1. The molecule has 1 aliphatic heterocycles. The first kappa shape index (κ1) is 16.2. The smallest absolute Gasteiger partial charge is 0.244 e. The fourth-order valence-electron chi connectivity index (χ4n) is 3.32. The molecule has 1 aliphatic carbocycles. The first-order valence-electron chi connectivity index (χ1n) is 8.30. The van der Waals surface area contributed by atoms with Crippen molar-refractivity contribution < 1.29 is 13.9 Å². The second-order valence-corrected chi connectivity index (χ2v) is 6.47. The molecule has 1 aromatic carbocycles.